The van der Waals surface area contributed by atoms with Crippen LogP contribution >= 0.6 is 0 Å². The van der Waals surface area contributed by atoms with E-state index in [1.165, 1.54) is 0 Å². The standard InChI is InChI=1S/C13H15FN2O2/c1-3-5-12(4-2)15-9-10-8-11(14)6-7-13(10)16(17)18/h2,6-8,12,15H,3,5,9H2,1H3. The first-order chi connectivity index (χ1) is 8.58. The molecule has 1 N–H and O–H groups in total. The van der Waals surface area contributed by atoms with Gasteiger partial charge in [-0.2, -0.15) is 0 Å². The van der Waals surface area contributed by atoms with Crippen molar-refractivity contribution in [3.63, 3.8) is 0 Å². The molecule has 18 heavy (non-hydrogen) atoms. The Kier molecular flexibility index (Phi) is 5.28. The zero-order valence-corrected chi connectivity index (χ0v) is 10.1. The average Bonchev–Trinajstić information content (AvgIpc) is 2.34. The van der Waals surface area contributed by atoms with Gasteiger partial charge in [0.1, 0.15) is 5.82 Å². The predicted octanol–water partition coefficient (Wildman–Crippen LogP) is 2.63. The summed E-state index contributed by atoms with van der Waals surface area (Å²) in [5.74, 6) is 2.07. The van der Waals surface area contributed by atoms with Crippen molar-refractivity contribution in [3.05, 3.63) is 39.7 Å². The molecular formula is C13H15FN2O2. The molecule has 4 nitrogen and oxygen atoms in total. The number of nitrogens with one attached hydrogen (secondary N) is 1. The van der Waals surface area contributed by atoms with Crippen LogP contribution in [-0.4, -0.2) is 11.0 Å². The van der Waals surface area contributed by atoms with Gasteiger partial charge in [-0.25, -0.2) is 4.39 Å². The normalized spacial score (nSPS) is 11.8. The molecule has 0 aliphatic rings. The molecule has 0 bridgehead atoms. The molecule has 1 rings (SSSR count). The number of terminal acetylenes is 1. The number of hydrogen-bond donors (Lipinski definition) is 1. The minimum absolute atomic E-state index is 0.101. The van der Waals surface area contributed by atoms with Crippen LogP contribution in [-0.2, 0) is 6.54 Å². The molecule has 1 aromatic carbocycles. The van der Waals surface area contributed by atoms with Crippen LogP contribution in [0.3, 0.4) is 0 Å². The van der Waals surface area contributed by atoms with Crippen LogP contribution in [0.1, 0.15) is 25.3 Å². The van der Waals surface area contributed by atoms with Crippen LogP contribution in [0, 0.1) is 28.3 Å². The quantitative estimate of drug-likeness (QED) is 0.479. The van der Waals surface area contributed by atoms with Gasteiger partial charge in [-0.05, 0) is 18.6 Å². The summed E-state index contributed by atoms with van der Waals surface area (Å²) in [5, 5.41) is 13.8. The highest BCUT2D eigenvalue weighted by Crippen LogP contribution is 2.19. The lowest BCUT2D eigenvalue weighted by atomic mass is 10.1. The average molecular weight is 250 g/mol. The molecule has 0 aliphatic carbocycles. The molecule has 5 heteroatoms. The second-order valence-electron chi connectivity index (χ2n) is 3.92. The van der Waals surface area contributed by atoms with Crippen molar-refractivity contribution < 1.29 is 9.31 Å². The second kappa shape index (κ2) is 6.72. The van der Waals surface area contributed by atoms with Crippen molar-refractivity contribution in [2.45, 2.75) is 32.4 Å². The summed E-state index contributed by atoms with van der Waals surface area (Å²) in [6.45, 7) is 2.18. The van der Waals surface area contributed by atoms with Gasteiger partial charge >= 0.3 is 0 Å². The van der Waals surface area contributed by atoms with Crippen LogP contribution < -0.4 is 5.32 Å². The third kappa shape index (κ3) is 3.82. The maximum absolute atomic E-state index is 13.1. The number of halogens is 1. The van der Waals surface area contributed by atoms with Gasteiger partial charge in [0.15, 0.2) is 0 Å². The number of rotatable bonds is 6. The number of benzene rings is 1. The Hall–Kier alpha value is -1.93. The molecule has 0 amide bonds. The Balaban J connectivity index is 2.80. The number of nitrogens with zero attached hydrogens (tertiary/aromatic N) is 1. The molecule has 1 atom stereocenters. The first kappa shape index (κ1) is 14.1. The van der Waals surface area contributed by atoms with Gasteiger partial charge in [-0.15, -0.1) is 6.42 Å². The lowest BCUT2D eigenvalue weighted by molar-refractivity contribution is -0.385. The fraction of sp³-hybridized carbons (Fsp3) is 0.385. The highest BCUT2D eigenvalue weighted by molar-refractivity contribution is 5.40. The Morgan fingerprint density at radius 1 is 1.61 bits per heavy atom. The van der Waals surface area contributed by atoms with E-state index in [1.54, 1.807) is 0 Å². The maximum Gasteiger partial charge on any atom is 0.274 e. The van der Waals surface area contributed by atoms with Crippen LogP contribution in [0.4, 0.5) is 10.1 Å². The zero-order valence-electron chi connectivity index (χ0n) is 10.1. The van der Waals surface area contributed by atoms with E-state index < -0.39 is 10.7 Å². The van der Waals surface area contributed by atoms with E-state index in [2.05, 4.69) is 11.2 Å². The highest BCUT2D eigenvalue weighted by Gasteiger charge is 2.15. The number of nitro groups is 1. The monoisotopic (exact) mass is 250 g/mol. The molecule has 1 aromatic rings. The minimum atomic E-state index is -0.527. The molecule has 1 unspecified atom stereocenters. The summed E-state index contributed by atoms with van der Waals surface area (Å²) in [4.78, 5) is 10.3. The molecule has 0 saturated carbocycles. The smallest absolute Gasteiger partial charge is 0.274 e. The van der Waals surface area contributed by atoms with Crippen LogP contribution in [0.5, 0.6) is 0 Å². The van der Waals surface area contributed by atoms with Crippen molar-refractivity contribution in [1.82, 2.24) is 5.32 Å². The maximum atomic E-state index is 13.1. The van der Waals surface area contributed by atoms with Gasteiger partial charge in [0.25, 0.3) is 5.69 Å². The van der Waals surface area contributed by atoms with Crippen LogP contribution in [0.25, 0.3) is 0 Å². The van der Waals surface area contributed by atoms with Crippen molar-refractivity contribution in [3.8, 4) is 12.3 Å². The number of nitro benzene ring substituents is 1. The van der Waals surface area contributed by atoms with Crippen LogP contribution in [0.15, 0.2) is 18.2 Å². The van der Waals surface area contributed by atoms with E-state index in [4.69, 9.17) is 6.42 Å². The van der Waals surface area contributed by atoms with Gasteiger partial charge in [0.2, 0.25) is 0 Å². The summed E-state index contributed by atoms with van der Waals surface area (Å²) < 4.78 is 13.1. The van der Waals surface area contributed by atoms with Crippen molar-refractivity contribution in [2.24, 2.45) is 0 Å². The third-order valence-corrected chi connectivity index (χ3v) is 2.56. The van der Waals surface area contributed by atoms with Crippen LogP contribution in [0.2, 0.25) is 0 Å². The molecule has 0 aliphatic heterocycles. The van der Waals surface area contributed by atoms with Gasteiger partial charge in [0.05, 0.1) is 11.0 Å². The van der Waals surface area contributed by atoms with Crippen molar-refractivity contribution in [1.29, 1.82) is 0 Å². The Bertz CT molecular complexity index is 469. The lowest BCUT2D eigenvalue weighted by Gasteiger charge is -2.12. The van der Waals surface area contributed by atoms with E-state index >= 15 is 0 Å². The predicted molar refractivity (Wildman–Crippen MR) is 67.4 cm³/mol. The van der Waals surface area contributed by atoms with E-state index in [0.717, 1.165) is 31.0 Å². The second-order valence-corrected chi connectivity index (χ2v) is 3.92. The Morgan fingerprint density at radius 2 is 2.33 bits per heavy atom. The first-order valence-corrected chi connectivity index (χ1v) is 5.70. The third-order valence-electron chi connectivity index (χ3n) is 2.56. The first-order valence-electron chi connectivity index (χ1n) is 5.70. The Labute approximate surface area is 105 Å². The molecular weight excluding hydrogens is 235 g/mol. The molecule has 0 radical (unpaired) electrons. The van der Waals surface area contributed by atoms with E-state index in [-0.39, 0.29) is 18.3 Å². The molecule has 96 valence electrons. The number of hydrogen-bond acceptors (Lipinski definition) is 3. The minimum Gasteiger partial charge on any atom is -0.299 e. The lowest BCUT2D eigenvalue weighted by Crippen LogP contribution is -2.27. The fourth-order valence-electron chi connectivity index (χ4n) is 1.64. The van der Waals surface area contributed by atoms with Gasteiger partial charge in [-0.3, -0.25) is 15.4 Å². The van der Waals surface area contributed by atoms with E-state index in [1.807, 2.05) is 6.92 Å². The Morgan fingerprint density at radius 3 is 2.89 bits per heavy atom. The van der Waals surface area contributed by atoms with Gasteiger partial charge < -0.3 is 0 Å². The van der Waals surface area contributed by atoms with Gasteiger partial charge in [-0.1, -0.05) is 19.3 Å². The summed E-state index contributed by atoms with van der Waals surface area (Å²) in [5.41, 5.74) is 0.201. The fourth-order valence-corrected chi connectivity index (χ4v) is 1.64. The molecule has 0 aromatic heterocycles. The van der Waals surface area contributed by atoms with E-state index in [9.17, 15) is 14.5 Å². The van der Waals surface area contributed by atoms with Crippen molar-refractivity contribution in [2.75, 3.05) is 0 Å². The largest absolute Gasteiger partial charge is 0.299 e. The molecule has 0 saturated heterocycles. The summed E-state index contributed by atoms with van der Waals surface area (Å²) in [7, 11) is 0. The topological polar surface area (TPSA) is 55.2 Å². The van der Waals surface area contributed by atoms with Gasteiger partial charge in [0, 0.05) is 18.2 Å². The molecule has 0 heterocycles. The SMILES string of the molecule is C#CC(CCC)NCc1cc(F)ccc1[N+](=O)[O-]. The summed E-state index contributed by atoms with van der Waals surface area (Å²) >= 11 is 0. The van der Waals surface area contributed by atoms with E-state index in [0.29, 0.717) is 5.56 Å². The molecule has 0 fully saturated rings. The van der Waals surface area contributed by atoms with Crippen molar-refractivity contribution >= 4 is 5.69 Å². The highest BCUT2D eigenvalue weighted by atomic mass is 19.1. The summed E-state index contributed by atoms with van der Waals surface area (Å²) in [6, 6.07) is 3.24. The zero-order chi connectivity index (χ0) is 13.5. The molecule has 0 spiro atoms. The summed E-state index contributed by atoms with van der Waals surface area (Å²) in [6.07, 6.45) is 7.02.